The molecule has 5 rings (SSSR count). The molecular weight excluding hydrogens is 468 g/mol. The number of benzene rings is 2. The summed E-state index contributed by atoms with van der Waals surface area (Å²) >= 11 is 1.59. The normalized spacial score (nSPS) is 13.5. The van der Waals surface area contributed by atoms with Crippen LogP contribution in [0.3, 0.4) is 0 Å². The number of aromatic nitrogens is 2. The number of fused-ring (bicyclic) bond motifs is 1. The van der Waals surface area contributed by atoms with E-state index in [2.05, 4.69) is 40.3 Å². The first kappa shape index (κ1) is 23.9. The molecule has 182 valence electrons. The summed E-state index contributed by atoms with van der Waals surface area (Å²) in [5, 5.41) is 1.75. The van der Waals surface area contributed by atoms with Crippen LogP contribution in [0.2, 0.25) is 0 Å². The van der Waals surface area contributed by atoms with Gasteiger partial charge in [0.25, 0.3) is 11.8 Å². The molecule has 4 aromatic rings. The summed E-state index contributed by atoms with van der Waals surface area (Å²) in [4.78, 5) is 37.1. The summed E-state index contributed by atoms with van der Waals surface area (Å²) in [7, 11) is 3.48. The van der Waals surface area contributed by atoms with E-state index in [1.807, 2.05) is 47.4 Å². The molecule has 1 aliphatic heterocycles. The van der Waals surface area contributed by atoms with Gasteiger partial charge in [-0.25, -0.2) is 4.98 Å². The summed E-state index contributed by atoms with van der Waals surface area (Å²) in [6.45, 7) is 1.21. The maximum atomic E-state index is 13.6. The topological polar surface area (TPSA) is 69.3 Å². The van der Waals surface area contributed by atoms with Gasteiger partial charge in [-0.05, 0) is 47.4 Å². The lowest BCUT2D eigenvalue weighted by Gasteiger charge is -2.28. The summed E-state index contributed by atoms with van der Waals surface area (Å²) in [6, 6.07) is 21.9. The fourth-order valence-corrected chi connectivity index (χ4v) is 5.32. The quantitative estimate of drug-likeness (QED) is 0.359. The SMILES string of the molecule is CN(C)C(=O)c1cc2ccc(C3=CCCN(C(=O)c4cccnc4SCc4ccccc4)C3)cc2[nH]1. The van der Waals surface area contributed by atoms with Crippen molar-refractivity contribution in [2.45, 2.75) is 17.2 Å². The van der Waals surface area contributed by atoms with E-state index in [-0.39, 0.29) is 11.8 Å². The first-order valence-electron chi connectivity index (χ1n) is 11.9. The van der Waals surface area contributed by atoms with Crippen molar-refractivity contribution in [1.29, 1.82) is 0 Å². The molecule has 0 spiro atoms. The Morgan fingerprint density at radius 2 is 1.89 bits per heavy atom. The minimum absolute atomic E-state index is 0.00378. The Morgan fingerprint density at radius 1 is 1.06 bits per heavy atom. The van der Waals surface area contributed by atoms with E-state index >= 15 is 0 Å². The smallest absolute Gasteiger partial charge is 0.269 e. The number of aromatic amines is 1. The van der Waals surface area contributed by atoms with Gasteiger partial charge in [0.2, 0.25) is 0 Å². The molecule has 0 atom stereocenters. The van der Waals surface area contributed by atoms with Crippen LogP contribution in [0.4, 0.5) is 0 Å². The van der Waals surface area contributed by atoms with Gasteiger partial charge in [-0.15, -0.1) is 11.8 Å². The van der Waals surface area contributed by atoms with Gasteiger partial charge in [-0.2, -0.15) is 0 Å². The van der Waals surface area contributed by atoms with Gasteiger partial charge in [-0.3, -0.25) is 9.59 Å². The van der Waals surface area contributed by atoms with E-state index in [9.17, 15) is 9.59 Å². The van der Waals surface area contributed by atoms with Crippen LogP contribution in [-0.4, -0.2) is 58.8 Å². The van der Waals surface area contributed by atoms with E-state index in [4.69, 9.17) is 0 Å². The van der Waals surface area contributed by atoms with Gasteiger partial charge >= 0.3 is 0 Å². The van der Waals surface area contributed by atoms with E-state index in [0.29, 0.717) is 24.3 Å². The minimum Gasteiger partial charge on any atom is -0.351 e. The summed E-state index contributed by atoms with van der Waals surface area (Å²) in [5.41, 5.74) is 5.48. The number of carbonyl (C=O) groups excluding carboxylic acids is 2. The number of hydrogen-bond acceptors (Lipinski definition) is 4. The maximum absolute atomic E-state index is 13.6. The highest BCUT2D eigenvalue weighted by Gasteiger charge is 2.23. The Balaban J connectivity index is 1.33. The zero-order valence-electron chi connectivity index (χ0n) is 20.4. The molecule has 0 aliphatic carbocycles. The summed E-state index contributed by atoms with van der Waals surface area (Å²) in [5.74, 6) is 0.709. The van der Waals surface area contributed by atoms with Gasteiger partial charge in [0.05, 0.1) is 5.56 Å². The molecule has 1 aliphatic rings. The third kappa shape index (κ3) is 5.06. The van der Waals surface area contributed by atoms with Crippen LogP contribution in [0.25, 0.3) is 16.5 Å². The third-order valence-electron chi connectivity index (χ3n) is 6.29. The van der Waals surface area contributed by atoms with Crippen molar-refractivity contribution in [2.24, 2.45) is 0 Å². The Morgan fingerprint density at radius 3 is 2.69 bits per heavy atom. The minimum atomic E-state index is -0.0567. The Kier molecular flexibility index (Phi) is 6.91. The number of nitrogens with one attached hydrogen (secondary N) is 1. The average molecular weight is 497 g/mol. The zero-order chi connectivity index (χ0) is 25.1. The number of hydrogen-bond donors (Lipinski definition) is 1. The highest BCUT2D eigenvalue weighted by molar-refractivity contribution is 7.98. The Hall–Kier alpha value is -3.84. The molecule has 1 N–H and O–H groups in total. The number of thioether (sulfide) groups is 1. The lowest BCUT2D eigenvalue weighted by molar-refractivity contribution is 0.0769. The van der Waals surface area contributed by atoms with Gasteiger partial charge in [0, 0.05) is 50.0 Å². The fraction of sp³-hybridized carbons (Fsp3) is 0.207. The van der Waals surface area contributed by atoms with Crippen molar-refractivity contribution in [3.63, 3.8) is 0 Å². The van der Waals surface area contributed by atoms with Crippen molar-refractivity contribution in [1.82, 2.24) is 19.8 Å². The molecule has 0 saturated heterocycles. The summed E-state index contributed by atoms with van der Waals surface area (Å²) < 4.78 is 0. The van der Waals surface area contributed by atoms with Crippen LogP contribution < -0.4 is 0 Å². The van der Waals surface area contributed by atoms with Gasteiger partial charge in [0.15, 0.2) is 0 Å². The van der Waals surface area contributed by atoms with Crippen LogP contribution in [-0.2, 0) is 5.75 Å². The predicted molar refractivity (Wildman–Crippen MR) is 145 cm³/mol. The second-order valence-electron chi connectivity index (χ2n) is 9.06. The Labute approximate surface area is 215 Å². The zero-order valence-corrected chi connectivity index (χ0v) is 21.2. The third-order valence-corrected chi connectivity index (χ3v) is 7.36. The second kappa shape index (κ2) is 10.4. The van der Waals surface area contributed by atoms with Gasteiger partial charge in [0.1, 0.15) is 10.7 Å². The molecule has 0 bridgehead atoms. The molecule has 0 radical (unpaired) electrons. The predicted octanol–water partition coefficient (Wildman–Crippen LogP) is 5.49. The van der Waals surface area contributed by atoms with Gasteiger partial charge < -0.3 is 14.8 Å². The highest BCUT2D eigenvalue weighted by Crippen LogP contribution is 2.29. The van der Waals surface area contributed by atoms with Crippen LogP contribution in [0.15, 0.2) is 84.0 Å². The standard InChI is InChI=1S/C29H28N4O2S/c1-32(2)29(35)26-17-22-13-12-21(16-25(22)31-26)23-10-7-15-33(18-23)28(34)24-11-6-14-30-27(24)36-19-20-8-4-3-5-9-20/h3-6,8-14,16-17,31H,7,15,18-19H2,1-2H3. The average Bonchev–Trinajstić information content (AvgIpc) is 3.35. The van der Waals surface area contributed by atoms with E-state index in [0.717, 1.165) is 39.2 Å². The largest absolute Gasteiger partial charge is 0.351 e. The first-order chi connectivity index (χ1) is 17.5. The fourth-order valence-electron chi connectivity index (χ4n) is 4.37. The highest BCUT2D eigenvalue weighted by atomic mass is 32.2. The maximum Gasteiger partial charge on any atom is 0.269 e. The molecule has 3 heterocycles. The number of nitrogens with zero attached hydrogens (tertiary/aromatic N) is 3. The molecule has 7 heteroatoms. The first-order valence-corrected chi connectivity index (χ1v) is 12.9. The van der Waals surface area contributed by atoms with E-state index < -0.39 is 0 Å². The van der Waals surface area contributed by atoms with Crippen LogP contribution >= 0.6 is 11.8 Å². The van der Waals surface area contributed by atoms with Crippen molar-refractivity contribution < 1.29 is 9.59 Å². The van der Waals surface area contributed by atoms with Gasteiger partial charge in [-0.1, -0.05) is 48.5 Å². The second-order valence-corrected chi connectivity index (χ2v) is 10.0. The monoisotopic (exact) mass is 496 g/mol. The van der Waals surface area contributed by atoms with Crippen molar-refractivity contribution >= 4 is 40.1 Å². The molecule has 36 heavy (non-hydrogen) atoms. The molecule has 2 aromatic heterocycles. The summed E-state index contributed by atoms with van der Waals surface area (Å²) in [6.07, 6.45) is 4.74. The van der Waals surface area contributed by atoms with Crippen LogP contribution in [0.5, 0.6) is 0 Å². The molecular formula is C29H28N4O2S. The number of pyridine rings is 1. The molecule has 0 fully saturated rings. The molecule has 0 unspecified atom stereocenters. The Bertz CT molecular complexity index is 1440. The van der Waals surface area contributed by atoms with Crippen molar-refractivity contribution in [2.75, 3.05) is 27.2 Å². The molecule has 6 nitrogen and oxygen atoms in total. The van der Waals surface area contributed by atoms with E-state index in [1.165, 1.54) is 5.56 Å². The number of rotatable bonds is 6. The lowest BCUT2D eigenvalue weighted by atomic mass is 9.99. The van der Waals surface area contributed by atoms with Crippen LogP contribution in [0.1, 0.15) is 38.4 Å². The number of carbonyl (C=O) groups is 2. The number of H-pyrrole nitrogens is 1. The number of amides is 2. The lowest BCUT2D eigenvalue weighted by Crippen LogP contribution is -2.35. The molecule has 2 amide bonds. The van der Waals surface area contributed by atoms with Crippen LogP contribution in [0, 0.1) is 0 Å². The molecule has 0 saturated carbocycles. The van der Waals surface area contributed by atoms with Crippen molar-refractivity contribution in [3.05, 3.63) is 101 Å². The molecule has 2 aromatic carbocycles. The van der Waals surface area contributed by atoms with Crippen molar-refractivity contribution in [3.8, 4) is 0 Å². The van der Waals surface area contributed by atoms with E-state index in [1.54, 1.807) is 37.0 Å².